The van der Waals surface area contributed by atoms with Gasteiger partial charge in [0, 0.05) is 12.1 Å². The number of para-hydroxylation sites is 1. The standard InChI is InChI=1S/C17H24N4O2S2/c1-4-5-10-18-16-20-21-17(25-16)24-11-15(22)19-12(2)13-8-6-7-9-14(13)23-3/h6-9,12H,4-5,10-11H2,1-3H3,(H,18,20)(H,19,22). The van der Waals surface area contributed by atoms with Gasteiger partial charge in [0.1, 0.15) is 5.75 Å². The molecule has 8 heteroatoms. The van der Waals surface area contributed by atoms with E-state index in [1.54, 1.807) is 7.11 Å². The number of nitrogens with zero attached hydrogens (tertiary/aromatic N) is 2. The van der Waals surface area contributed by atoms with E-state index >= 15 is 0 Å². The molecule has 0 aliphatic carbocycles. The van der Waals surface area contributed by atoms with Gasteiger partial charge in [-0.2, -0.15) is 0 Å². The molecule has 2 N–H and O–H groups in total. The quantitative estimate of drug-likeness (QED) is 0.483. The number of amides is 1. The Balaban J connectivity index is 1.80. The van der Waals surface area contributed by atoms with Gasteiger partial charge < -0.3 is 15.4 Å². The van der Waals surface area contributed by atoms with Crippen LogP contribution in [-0.4, -0.2) is 35.5 Å². The normalized spacial score (nSPS) is 11.8. The molecule has 0 saturated carbocycles. The van der Waals surface area contributed by atoms with Gasteiger partial charge >= 0.3 is 0 Å². The van der Waals surface area contributed by atoms with Crippen molar-refractivity contribution in [1.29, 1.82) is 0 Å². The Hall–Kier alpha value is -1.80. The number of aromatic nitrogens is 2. The van der Waals surface area contributed by atoms with Crippen LogP contribution >= 0.6 is 23.1 Å². The first-order valence-electron chi connectivity index (χ1n) is 8.26. The second-order valence-corrected chi connectivity index (χ2v) is 7.67. The number of hydrogen-bond acceptors (Lipinski definition) is 7. The zero-order valence-electron chi connectivity index (χ0n) is 14.7. The summed E-state index contributed by atoms with van der Waals surface area (Å²) in [6.45, 7) is 4.99. The third-order valence-electron chi connectivity index (χ3n) is 3.52. The zero-order valence-corrected chi connectivity index (χ0v) is 16.4. The highest BCUT2D eigenvalue weighted by atomic mass is 32.2. The number of carbonyl (C=O) groups excluding carboxylic acids is 1. The maximum atomic E-state index is 12.2. The summed E-state index contributed by atoms with van der Waals surface area (Å²) in [5, 5.41) is 15.2. The van der Waals surface area contributed by atoms with Crippen LogP contribution in [0.2, 0.25) is 0 Å². The lowest BCUT2D eigenvalue weighted by molar-refractivity contribution is -0.119. The average molecular weight is 381 g/mol. The smallest absolute Gasteiger partial charge is 0.230 e. The van der Waals surface area contributed by atoms with E-state index in [1.165, 1.54) is 23.1 Å². The maximum Gasteiger partial charge on any atom is 0.230 e. The average Bonchev–Trinajstić information content (AvgIpc) is 3.08. The van der Waals surface area contributed by atoms with Gasteiger partial charge in [-0.1, -0.05) is 54.6 Å². The number of nitrogens with one attached hydrogen (secondary N) is 2. The Kier molecular flexibility index (Phi) is 8.00. The molecule has 25 heavy (non-hydrogen) atoms. The number of hydrogen-bond donors (Lipinski definition) is 2. The van der Waals surface area contributed by atoms with Crippen LogP contribution in [-0.2, 0) is 4.79 Å². The topological polar surface area (TPSA) is 76.1 Å². The summed E-state index contributed by atoms with van der Waals surface area (Å²) >= 11 is 2.87. The van der Waals surface area contributed by atoms with E-state index in [-0.39, 0.29) is 11.9 Å². The van der Waals surface area contributed by atoms with Crippen LogP contribution in [0, 0.1) is 0 Å². The van der Waals surface area contributed by atoms with Crippen LogP contribution in [0.25, 0.3) is 0 Å². The molecular formula is C17H24N4O2S2. The van der Waals surface area contributed by atoms with Gasteiger partial charge in [-0.05, 0) is 19.4 Å². The molecule has 6 nitrogen and oxygen atoms in total. The highest BCUT2D eigenvalue weighted by Gasteiger charge is 2.14. The molecule has 1 amide bonds. The van der Waals surface area contributed by atoms with Gasteiger partial charge in [0.2, 0.25) is 11.0 Å². The van der Waals surface area contributed by atoms with Gasteiger partial charge in [-0.25, -0.2) is 0 Å². The molecule has 0 spiro atoms. The lowest BCUT2D eigenvalue weighted by Gasteiger charge is -2.16. The van der Waals surface area contributed by atoms with E-state index in [0.29, 0.717) is 5.75 Å². The molecule has 1 heterocycles. The van der Waals surface area contributed by atoms with Crippen LogP contribution in [0.5, 0.6) is 5.75 Å². The Morgan fingerprint density at radius 2 is 2.16 bits per heavy atom. The number of methoxy groups -OCH3 is 1. The number of carbonyl (C=O) groups is 1. The number of anilines is 1. The molecule has 0 aliphatic rings. The fourth-order valence-corrected chi connectivity index (χ4v) is 3.81. The van der Waals surface area contributed by atoms with Crippen molar-refractivity contribution in [3.8, 4) is 5.75 Å². The van der Waals surface area contributed by atoms with Crippen molar-refractivity contribution in [1.82, 2.24) is 15.5 Å². The molecule has 0 saturated heterocycles. The predicted molar refractivity (Wildman–Crippen MR) is 104 cm³/mol. The molecule has 136 valence electrons. The van der Waals surface area contributed by atoms with E-state index in [2.05, 4.69) is 27.8 Å². The largest absolute Gasteiger partial charge is 0.496 e. The number of benzene rings is 1. The summed E-state index contributed by atoms with van der Waals surface area (Å²) in [5.41, 5.74) is 0.960. The van der Waals surface area contributed by atoms with Gasteiger partial charge in [0.25, 0.3) is 0 Å². The highest BCUT2D eigenvalue weighted by molar-refractivity contribution is 8.01. The van der Waals surface area contributed by atoms with Crippen LogP contribution in [0.3, 0.4) is 0 Å². The fraction of sp³-hybridized carbons (Fsp3) is 0.471. The minimum Gasteiger partial charge on any atom is -0.496 e. The Labute approximate surface area is 156 Å². The second-order valence-electron chi connectivity index (χ2n) is 5.47. The van der Waals surface area contributed by atoms with E-state index in [1.807, 2.05) is 31.2 Å². The summed E-state index contributed by atoms with van der Waals surface area (Å²) in [5.74, 6) is 1.04. The summed E-state index contributed by atoms with van der Waals surface area (Å²) in [6.07, 6.45) is 2.24. The van der Waals surface area contributed by atoms with Gasteiger partial charge in [-0.3, -0.25) is 4.79 Å². The third-order valence-corrected chi connectivity index (χ3v) is 5.54. The number of unbranched alkanes of at least 4 members (excludes halogenated alkanes) is 1. The minimum atomic E-state index is -0.120. The van der Waals surface area contributed by atoms with E-state index in [4.69, 9.17) is 4.74 Å². The Morgan fingerprint density at radius 3 is 2.92 bits per heavy atom. The lowest BCUT2D eigenvalue weighted by Crippen LogP contribution is -2.28. The first-order chi connectivity index (χ1) is 12.1. The van der Waals surface area contributed by atoms with Crippen molar-refractivity contribution in [3.05, 3.63) is 29.8 Å². The maximum absolute atomic E-state index is 12.2. The monoisotopic (exact) mass is 380 g/mol. The molecule has 1 unspecified atom stereocenters. The molecule has 1 atom stereocenters. The van der Waals surface area contributed by atoms with Crippen molar-refractivity contribution in [2.75, 3.05) is 24.7 Å². The molecule has 2 aromatic rings. The number of thioether (sulfide) groups is 1. The number of rotatable bonds is 10. The van der Waals surface area contributed by atoms with Gasteiger partial charge in [0.05, 0.1) is 18.9 Å². The van der Waals surface area contributed by atoms with Crippen LogP contribution < -0.4 is 15.4 Å². The summed E-state index contributed by atoms with van der Waals surface area (Å²) in [7, 11) is 1.63. The van der Waals surface area contributed by atoms with Crippen molar-refractivity contribution in [3.63, 3.8) is 0 Å². The Bertz CT molecular complexity index is 678. The van der Waals surface area contributed by atoms with E-state index in [0.717, 1.165) is 40.2 Å². The highest BCUT2D eigenvalue weighted by Crippen LogP contribution is 2.27. The zero-order chi connectivity index (χ0) is 18.1. The van der Waals surface area contributed by atoms with E-state index < -0.39 is 0 Å². The van der Waals surface area contributed by atoms with Crippen LogP contribution in [0.4, 0.5) is 5.13 Å². The van der Waals surface area contributed by atoms with E-state index in [9.17, 15) is 4.79 Å². The third kappa shape index (κ3) is 6.21. The van der Waals surface area contributed by atoms with Crippen molar-refractivity contribution < 1.29 is 9.53 Å². The van der Waals surface area contributed by atoms with Crippen molar-refractivity contribution >= 4 is 34.1 Å². The molecule has 1 aromatic carbocycles. The van der Waals surface area contributed by atoms with Crippen molar-refractivity contribution in [2.24, 2.45) is 0 Å². The van der Waals surface area contributed by atoms with Crippen LogP contribution in [0.1, 0.15) is 38.3 Å². The number of ether oxygens (including phenoxy) is 1. The van der Waals surface area contributed by atoms with Gasteiger partial charge in [0.15, 0.2) is 4.34 Å². The minimum absolute atomic E-state index is 0.0425. The first kappa shape index (κ1) is 19.5. The molecule has 0 fully saturated rings. The SMILES string of the molecule is CCCCNc1nnc(SCC(=O)NC(C)c2ccccc2OC)s1. The first-order valence-corrected chi connectivity index (χ1v) is 10.1. The predicted octanol–water partition coefficient (Wildman–Crippen LogP) is 3.73. The summed E-state index contributed by atoms with van der Waals surface area (Å²) < 4.78 is 6.13. The molecule has 0 aliphatic heterocycles. The molecule has 0 bridgehead atoms. The molecule has 2 rings (SSSR count). The van der Waals surface area contributed by atoms with Crippen molar-refractivity contribution in [2.45, 2.75) is 37.1 Å². The molecular weight excluding hydrogens is 356 g/mol. The summed E-state index contributed by atoms with van der Waals surface area (Å²) in [4.78, 5) is 12.2. The van der Waals surface area contributed by atoms with Gasteiger partial charge in [-0.15, -0.1) is 10.2 Å². The molecule has 0 radical (unpaired) electrons. The molecule has 1 aromatic heterocycles. The van der Waals surface area contributed by atoms with Crippen LogP contribution in [0.15, 0.2) is 28.6 Å². The lowest BCUT2D eigenvalue weighted by atomic mass is 10.1. The second kappa shape index (κ2) is 10.2. The fourth-order valence-electron chi connectivity index (χ4n) is 2.22. The Morgan fingerprint density at radius 1 is 1.36 bits per heavy atom. The summed E-state index contributed by atoms with van der Waals surface area (Å²) in [6, 6.07) is 7.57.